The maximum Gasteiger partial charge on any atom is 0.435 e. The van der Waals surface area contributed by atoms with Crippen molar-refractivity contribution in [2.75, 3.05) is 7.11 Å². The van der Waals surface area contributed by atoms with E-state index in [9.17, 15) is 18.0 Å². The lowest BCUT2D eigenvalue weighted by atomic mass is 9.86. The van der Waals surface area contributed by atoms with Crippen LogP contribution in [0.3, 0.4) is 0 Å². The molecule has 4 rings (SSSR count). The quantitative estimate of drug-likeness (QED) is 0.365. The van der Waals surface area contributed by atoms with Crippen LogP contribution in [0, 0.1) is 0 Å². The number of rotatable bonds is 3. The van der Waals surface area contributed by atoms with E-state index in [0.29, 0.717) is 23.1 Å². The van der Waals surface area contributed by atoms with Gasteiger partial charge in [-0.05, 0) is 36.4 Å². The monoisotopic (exact) mass is 492 g/mol. The van der Waals surface area contributed by atoms with E-state index < -0.39 is 18.2 Å². The average Bonchev–Trinajstić information content (AvgIpc) is 3.40. The minimum Gasteiger partial charge on any atom is -0.400 e. The number of carbonyl (C=O) groups excluding carboxylic acids is 1. The van der Waals surface area contributed by atoms with Crippen molar-refractivity contribution in [3.05, 3.63) is 74.5 Å². The first kappa shape index (κ1) is 23.4. The number of aldehydes is 1. The standard InChI is InChI=1S/C19H10Cl3F3N2O2.CH4O/c20-13-6-10(7-14(21)17(13)22)18(19(23,24)25)8-15(26-29-18)12-4-3-11(9-28)27-5-1-2-16(12)27;1-2/h1-7,9H,8H2;2H,1H3. The van der Waals surface area contributed by atoms with E-state index in [4.69, 9.17) is 44.7 Å². The highest BCUT2D eigenvalue weighted by Gasteiger charge is 2.62. The lowest BCUT2D eigenvalue weighted by Gasteiger charge is -2.30. The number of oxime groups is 1. The molecule has 1 unspecified atom stereocenters. The molecule has 0 fully saturated rings. The number of aliphatic hydroxyl groups is 1. The van der Waals surface area contributed by atoms with Gasteiger partial charge in [0, 0.05) is 24.4 Å². The molecule has 0 saturated heterocycles. The average molecular weight is 494 g/mol. The summed E-state index contributed by atoms with van der Waals surface area (Å²) in [5.74, 6) is 0. The van der Waals surface area contributed by atoms with Crippen molar-refractivity contribution >= 4 is 52.3 Å². The van der Waals surface area contributed by atoms with Crippen molar-refractivity contribution in [1.82, 2.24) is 4.40 Å². The Morgan fingerprint density at radius 2 is 1.81 bits per heavy atom. The molecule has 1 aliphatic heterocycles. The molecule has 2 aromatic heterocycles. The van der Waals surface area contributed by atoms with Crippen LogP contribution in [0.1, 0.15) is 28.0 Å². The molecule has 1 atom stereocenters. The van der Waals surface area contributed by atoms with Crippen LogP contribution in [0.5, 0.6) is 0 Å². The van der Waals surface area contributed by atoms with Gasteiger partial charge in [0.25, 0.3) is 5.60 Å². The number of alkyl halides is 3. The Morgan fingerprint density at radius 3 is 2.39 bits per heavy atom. The van der Waals surface area contributed by atoms with Crippen molar-refractivity contribution in [3.8, 4) is 0 Å². The van der Waals surface area contributed by atoms with Crippen molar-refractivity contribution in [2.45, 2.75) is 18.2 Å². The molecule has 1 aliphatic rings. The van der Waals surface area contributed by atoms with Crippen LogP contribution in [0.25, 0.3) is 5.52 Å². The van der Waals surface area contributed by atoms with Gasteiger partial charge >= 0.3 is 6.18 Å². The van der Waals surface area contributed by atoms with Gasteiger partial charge in [0.15, 0.2) is 6.29 Å². The number of hydrogen-bond donors (Lipinski definition) is 1. The largest absolute Gasteiger partial charge is 0.435 e. The highest BCUT2D eigenvalue weighted by Crippen LogP contribution is 2.50. The summed E-state index contributed by atoms with van der Waals surface area (Å²) < 4.78 is 44.0. The first-order valence-electron chi connectivity index (χ1n) is 8.65. The minimum atomic E-state index is -4.82. The molecule has 0 radical (unpaired) electrons. The third kappa shape index (κ3) is 3.89. The second kappa shape index (κ2) is 8.70. The summed E-state index contributed by atoms with van der Waals surface area (Å²) in [6, 6.07) is 8.54. The zero-order chi connectivity index (χ0) is 23.0. The van der Waals surface area contributed by atoms with Gasteiger partial charge < -0.3 is 14.3 Å². The van der Waals surface area contributed by atoms with Crippen LogP contribution in [0.2, 0.25) is 15.1 Å². The second-order valence-corrected chi connectivity index (χ2v) is 7.63. The van der Waals surface area contributed by atoms with E-state index in [1.54, 1.807) is 22.7 Å². The van der Waals surface area contributed by atoms with Crippen molar-refractivity contribution in [1.29, 1.82) is 0 Å². The van der Waals surface area contributed by atoms with Crippen molar-refractivity contribution in [3.63, 3.8) is 0 Å². The van der Waals surface area contributed by atoms with Crippen molar-refractivity contribution in [2.24, 2.45) is 5.16 Å². The fraction of sp³-hybridized carbons (Fsp3) is 0.200. The van der Waals surface area contributed by atoms with E-state index in [2.05, 4.69) is 5.16 Å². The zero-order valence-electron chi connectivity index (χ0n) is 15.8. The fourth-order valence-electron chi connectivity index (χ4n) is 3.34. The molecular weight excluding hydrogens is 480 g/mol. The maximum atomic E-state index is 14.2. The normalized spacial score (nSPS) is 18.3. The Hall–Kier alpha value is -2.26. The zero-order valence-corrected chi connectivity index (χ0v) is 18.0. The molecule has 0 saturated carbocycles. The highest BCUT2D eigenvalue weighted by atomic mass is 35.5. The van der Waals surface area contributed by atoms with Crippen LogP contribution in [-0.2, 0) is 10.4 Å². The number of aromatic nitrogens is 1. The van der Waals surface area contributed by atoms with Crippen LogP contribution in [0.4, 0.5) is 13.2 Å². The predicted molar refractivity (Wildman–Crippen MR) is 112 cm³/mol. The van der Waals surface area contributed by atoms with E-state index in [-0.39, 0.29) is 26.3 Å². The molecule has 0 bridgehead atoms. The molecule has 3 aromatic rings. The van der Waals surface area contributed by atoms with Gasteiger partial charge in [-0.1, -0.05) is 40.0 Å². The molecule has 3 heterocycles. The predicted octanol–water partition coefficient (Wildman–Crippen LogP) is 5.90. The lowest BCUT2D eigenvalue weighted by Crippen LogP contribution is -2.42. The molecule has 5 nitrogen and oxygen atoms in total. The summed E-state index contributed by atoms with van der Waals surface area (Å²) in [7, 11) is 1.00. The maximum absolute atomic E-state index is 14.2. The van der Waals surface area contributed by atoms with Crippen molar-refractivity contribution < 1.29 is 27.9 Å². The van der Waals surface area contributed by atoms with Crippen LogP contribution in [-0.4, -0.2) is 34.8 Å². The Bertz CT molecular complexity index is 1150. The summed E-state index contributed by atoms with van der Waals surface area (Å²) in [6.45, 7) is 0. The van der Waals surface area contributed by atoms with Gasteiger partial charge in [0.05, 0.1) is 38.4 Å². The molecule has 31 heavy (non-hydrogen) atoms. The van der Waals surface area contributed by atoms with Gasteiger partial charge in [-0.3, -0.25) is 4.79 Å². The van der Waals surface area contributed by atoms with Crippen LogP contribution < -0.4 is 0 Å². The molecule has 0 spiro atoms. The van der Waals surface area contributed by atoms with Gasteiger partial charge in [-0.2, -0.15) is 13.2 Å². The van der Waals surface area contributed by atoms with E-state index in [1.165, 1.54) is 12.1 Å². The third-order valence-corrected chi connectivity index (χ3v) is 5.99. The second-order valence-electron chi connectivity index (χ2n) is 6.44. The molecule has 1 aromatic carbocycles. The van der Waals surface area contributed by atoms with E-state index in [1.807, 2.05) is 0 Å². The van der Waals surface area contributed by atoms with E-state index in [0.717, 1.165) is 19.2 Å². The van der Waals surface area contributed by atoms with E-state index >= 15 is 0 Å². The lowest BCUT2D eigenvalue weighted by molar-refractivity contribution is -0.275. The summed E-state index contributed by atoms with van der Waals surface area (Å²) in [4.78, 5) is 16.2. The van der Waals surface area contributed by atoms with Gasteiger partial charge in [0.1, 0.15) is 0 Å². The smallest absolute Gasteiger partial charge is 0.400 e. The number of pyridine rings is 1. The fourth-order valence-corrected chi connectivity index (χ4v) is 3.93. The number of benzene rings is 1. The Labute approximate surface area is 189 Å². The Balaban J connectivity index is 0.00000132. The van der Waals surface area contributed by atoms with Gasteiger partial charge in [-0.25, -0.2) is 0 Å². The van der Waals surface area contributed by atoms with Gasteiger partial charge in [-0.15, -0.1) is 0 Å². The number of nitrogens with zero attached hydrogens (tertiary/aromatic N) is 2. The first-order chi connectivity index (χ1) is 14.7. The molecule has 11 heteroatoms. The Morgan fingerprint density at radius 1 is 1.16 bits per heavy atom. The molecule has 1 N–H and O–H groups in total. The molecule has 164 valence electrons. The Kier molecular flexibility index (Phi) is 6.57. The molecule has 0 amide bonds. The minimum absolute atomic E-state index is 0.0482. The first-order valence-corrected chi connectivity index (χ1v) is 9.78. The van der Waals surface area contributed by atoms with Crippen LogP contribution in [0.15, 0.2) is 47.8 Å². The van der Waals surface area contributed by atoms with Crippen LogP contribution >= 0.6 is 34.8 Å². The number of aliphatic hydroxyl groups excluding tert-OH is 1. The third-order valence-electron chi connectivity index (χ3n) is 4.79. The summed E-state index contributed by atoms with van der Waals surface area (Å²) >= 11 is 17.8. The number of carbonyl (C=O) groups is 1. The molecular formula is C20H14Cl3F3N2O3. The number of halogens is 6. The van der Waals surface area contributed by atoms with Gasteiger partial charge in [0.2, 0.25) is 0 Å². The highest BCUT2D eigenvalue weighted by molar-refractivity contribution is 6.48. The number of hydrogen-bond acceptors (Lipinski definition) is 4. The summed E-state index contributed by atoms with van der Waals surface area (Å²) in [5, 5.41) is 10.4. The summed E-state index contributed by atoms with van der Waals surface area (Å²) in [6.07, 6.45) is -3.14. The topological polar surface area (TPSA) is 63.3 Å². The SMILES string of the molecule is CO.O=Cc1ccc(C2=NOC(c3cc(Cl)c(Cl)c(Cl)c3)(C(F)(F)F)C2)c2cccn12. The summed E-state index contributed by atoms with van der Waals surface area (Å²) in [5.41, 5.74) is -1.70. The number of fused-ring (bicyclic) bond motifs is 1. The molecule has 0 aliphatic carbocycles.